The number of aliphatic hydroxyl groups is 1. The second-order valence-electron chi connectivity index (χ2n) is 9.40. The molecule has 186 valence electrons. The van der Waals surface area contributed by atoms with Crippen LogP contribution in [0.3, 0.4) is 0 Å². The van der Waals surface area contributed by atoms with E-state index in [1.165, 1.54) is 0 Å². The quantitative estimate of drug-likeness (QED) is 0.398. The third-order valence-corrected chi connectivity index (χ3v) is 8.08. The van der Waals surface area contributed by atoms with Crippen LogP contribution in [-0.2, 0) is 4.79 Å². The Hall–Kier alpha value is -2.33. The van der Waals surface area contributed by atoms with Gasteiger partial charge in [0, 0.05) is 24.0 Å². The molecule has 9 nitrogen and oxygen atoms in total. The first-order valence-corrected chi connectivity index (χ1v) is 12.7. The number of likely N-dealkylation sites (N-methyl/N-ethyl adjacent to an activating group) is 1. The van der Waals surface area contributed by atoms with Crippen molar-refractivity contribution in [2.45, 2.75) is 50.1 Å². The van der Waals surface area contributed by atoms with Gasteiger partial charge in [0.1, 0.15) is 5.52 Å². The predicted octanol–water partition coefficient (Wildman–Crippen LogP) is 4.71. The molecule has 0 aliphatic heterocycles. The summed E-state index contributed by atoms with van der Waals surface area (Å²) >= 11 is 19.0. The zero-order valence-electron chi connectivity index (χ0n) is 19.1. The number of anilines is 3. The van der Waals surface area contributed by atoms with E-state index in [4.69, 9.17) is 50.5 Å². The summed E-state index contributed by atoms with van der Waals surface area (Å²) < 4.78 is 2.03. The molecule has 1 amide bonds. The third-order valence-electron chi connectivity index (χ3n) is 7.26. The smallest absolute Gasteiger partial charge is 0.227 e. The van der Waals surface area contributed by atoms with Crippen molar-refractivity contribution >= 4 is 69.5 Å². The van der Waals surface area contributed by atoms with Crippen LogP contribution < -0.4 is 16.0 Å². The number of benzene rings is 1. The number of halogens is 3. The van der Waals surface area contributed by atoms with E-state index in [1.807, 2.05) is 16.5 Å². The van der Waals surface area contributed by atoms with Crippen molar-refractivity contribution in [3.8, 4) is 0 Å². The number of rotatable bonds is 7. The number of imidazole rings is 1. The number of aromatic nitrogens is 4. The summed E-state index contributed by atoms with van der Waals surface area (Å²) in [5.41, 5.74) is 6.99. The highest BCUT2D eigenvalue weighted by atomic mass is 35.5. The molecular weight excluding hydrogens is 513 g/mol. The lowest BCUT2D eigenvalue weighted by atomic mass is 9.85. The Balaban J connectivity index is 1.58. The maximum Gasteiger partial charge on any atom is 0.227 e. The Morgan fingerprint density at radius 3 is 2.43 bits per heavy atom. The summed E-state index contributed by atoms with van der Waals surface area (Å²) in [6.45, 7) is 0.0433. The average molecular weight is 539 g/mol. The number of amides is 1. The van der Waals surface area contributed by atoms with Gasteiger partial charge >= 0.3 is 0 Å². The molecule has 1 aromatic carbocycles. The summed E-state index contributed by atoms with van der Waals surface area (Å²) in [5, 5.41) is 14.3. The number of hydrogen-bond acceptors (Lipinski definition) is 7. The second kappa shape index (κ2) is 9.28. The summed E-state index contributed by atoms with van der Waals surface area (Å²) in [6.07, 6.45) is 6.32. The molecule has 2 heterocycles. The normalized spacial score (nSPS) is 21.2. The minimum absolute atomic E-state index is 0.0312. The highest BCUT2D eigenvalue weighted by molar-refractivity contribution is 6.41. The Kier molecular flexibility index (Phi) is 6.46. The number of carbonyl (C=O) groups excluding carboxylic acids is 1. The number of nitrogens with one attached hydrogen (secondary N) is 1. The van der Waals surface area contributed by atoms with Crippen LogP contribution in [0.2, 0.25) is 15.1 Å². The van der Waals surface area contributed by atoms with Gasteiger partial charge in [0.05, 0.1) is 34.1 Å². The molecule has 3 aromatic rings. The van der Waals surface area contributed by atoms with Crippen molar-refractivity contribution in [3.05, 3.63) is 33.4 Å². The van der Waals surface area contributed by atoms with Gasteiger partial charge in [0.2, 0.25) is 17.8 Å². The molecule has 5 rings (SSSR count). The van der Waals surface area contributed by atoms with Gasteiger partial charge in [-0.25, -0.2) is 9.97 Å². The molecule has 2 aliphatic carbocycles. The highest BCUT2D eigenvalue weighted by Crippen LogP contribution is 2.43. The number of carbonyl (C=O) groups is 1. The van der Waals surface area contributed by atoms with Crippen molar-refractivity contribution < 1.29 is 9.90 Å². The Bertz CT molecular complexity index is 1260. The van der Waals surface area contributed by atoms with Gasteiger partial charge in [-0.2, -0.15) is 4.98 Å². The average Bonchev–Trinajstić information content (AvgIpc) is 3.55. The van der Waals surface area contributed by atoms with Gasteiger partial charge in [-0.3, -0.25) is 9.36 Å². The minimum atomic E-state index is -0.316. The van der Waals surface area contributed by atoms with Crippen molar-refractivity contribution in [1.82, 2.24) is 19.5 Å². The number of nitrogens with zero attached hydrogens (tertiary/aromatic N) is 5. The molecule has 0 saturated heterocycles. The Morgan fingerprint density at radius 1 is 1.20 bits per heavy atom. The molecule has 2 fully saturated rings. The number of nitrogens with two attached hydrogens (primary N) is 1. The van der Waals surface area contributed by atoms with Crippen LogP contribution >= 0.6 is 34.8 Å². The first-order valence-electron chi connectivity index (χ1n) is 11.5. The molecule has 35 heavy (non-hydrogen) atoms. The molecule has 2 aliphatic rings. The van der Waals surface area contributed by atoms with Crippen molar-refractivity contribution in [2.75, 3.05) is 23.9 Å². The molecule has 0 bridgehead atoms. The van der Waals surface area contributed by atoms with E-state index in [1.54, 1.807) is 18.3 Å². The minimum Gasteiger partial charge on any atom is -0.394 e. The fourth-order valence-corrected chi connectivity index (χ4v) is 5.74. The SMILES string of the molecule is CN(c1ncc2nc(Nc3c(Cl)cc(Cl)cc3Cl)n([C@H]3CC[C@H](C(N)=O)CC3)c2n1)C1(CO)CC1. The molecule has 12 heteroatoms. The summed E-state index contributed by atoms with van der Waals surface area (Å²) in [7, 11) is 1.90. The summed E-state index contributed by atoms with van der Waals surface area (Å²) in [6, 6.07) is 3.25. The van der Waals surface area contributed by atoms with E-state index in [2.05, 4.69) is 10.3 Å². The van der Waals surface area contributed by atoms with Gasteiger partial charge < -0.3 is 21.1 Å². The molecular formula is C23H26Cl3N7O2. The number of aliphatic hydroxyl groups excluding tert-OH is 1. The molecule has 0 atom stereocenters. The van der Waals surface area contributed by atoms with Gasteiger partial charge in [-0.15, -0.1) is 0 Å². The lowest BCUT2D eigenvalue weighted by Gasteiger charge is -2.29. The van der Waals surface area contributed by atoms with Gasteiger partial charge in [0.25, 0.3) is 0 Å². The van der Waals surface area contributed by atoms with E-state index in [9.17, 15) is 9.90 Å². The first kappa shape index (κ1) is 24.4. The third kappa shape index (κ3) is 4.50. The molecule has 2 saturated carbocycles. The second-order valence-corrected chi connectivity index (χ2v) is 10.7. The molecule has 0 radical (unpaired) electrons. The van der Waals surface area contributed by atoms with Crippen LogP contribution in [0.5, 0.6) is 0 Å². The maximum absolute atomic E-state index is 11.7. The first-order chi connectivity index (χ1) is 16.7. The predicted molar refractivity (Wildman–Crippen MR) is 138 cm³/mol. The van der Waals surface area contributed by atoms with Crippen LogP contribution in [-0.4, -0.2) is 49.7 Å². The van der Waals surface area contributed by atoms with Crippen molar-refractivity contribution in [1.29, 1.82) is 0 Å². The summed E-state index contributed by atoms with van der Waals surface area (Å²) in [5.74, 6) is 0.645. The van der Waals surface area contributed by atoms with E-state index in [0.717, 1.165) is 25.7 Å². The zero-order chi connectivity index (χ0) is 24.9. The van der Waals surface area contributed by atoms with Crippen LogP contribution in [0.25, 0.3) is 11.2 Å². The summed E-state index contributed by atoms with van der Waals surface area (Å²) in [4.78, 5) is 27.8. The van der Waals surface area contributed by atoms with Crippen LogP contribution in [0.1, 0.15) is 44.6 Å². The molecule has 4 N–H and O–H groups in total. The maximum atomic E-state index is 11.7. The fraction of sp³-hybridized carbons (Fsp3) is 0.478. The van der Waals surface area contributed by atoms with Crippen LogP contribution in [0, 0.1) is 5.92 Å². The lowest BCUT2D eigenvalue weighted by Crippen LogP contribution is -2.38. The number of primary amides is 1. The van der Waals surface area contributed by atoms with E-state index in [-0.39, 0.29) is 30.0 Å². The largest absolute Gasteiger partial charge is 0.394 e. The van der Waals surface area contributed by atoms with E-state index in [0.29, 0.717) is 56.7 Å². The van der Waals surface area contributed by atoms with E-state index < -0.39 is 0 Å². The molecule has 0 unspecified atom stereocenters. The van der Waals surface area contributed by atoms with Gasteiger partial charge in [-0.05, 0) is 50.7 Å². The fourth-order valence-electron chi connectivity index (χ4n) is 4.83. The topological polar surface area (TPSA) is 122 Å². The standard InChI is InChI=1S/C23H26Cl3N7O2/c1-32(23(11-34)6-7-23)21-28-10-17-20(31-21)33(14-4-2-12(3-5-14)19(27)35)22(29-17)30-18-15(25)8-13(24)9-16(18)26/h8-10,12,14,34H,2-7,11H2,1H3,(H2,27,35)(H,29,30)/t12-,14-. The van der Waals surface area contributed by atoms with Gasteiger partial charge in [0.15, 0.2) is 5.65 Å². The number of hydrogen-bond donors (Lipinski definition) is 3. The van der Waals surface area contributed by atoms with Crippen LogP contribution in [0.4, 0.5) is 17.6 Å². The lowest BCUT2D eigenvalue weighted by molar-refractivity contribution is -0.122. The van der Waals surface area contributed by atoms with E-state index >= 15 is 0 Å². The highest BCUT2D eigenvalue weighted by Gasteiger charge is 2.47. The monoisotopic (exact) mass is 537 g/mol. The molecule has 0 spiro atoms. The van der Waals surface area contributed by atoms with Gasteiger partial charge in [-0.1, -0.05) is 34.8 Å². The number of fused-ring (bicyclic) bond motifs is 1. The molecule has 2 aromatic heterocycles. The van der Waals surface area contributed by atoms with Crippen molar-refractivity contribution in [3.63, 3.8) is 0 Å². The Morgan fingerprint density at radius 2 is 1.86 bits per heavy atom. The van der Waals surface area contributed by atoms with Crippen LogP contribution in [0.15, 0.2) is 18.3 Å². The zero-order valence-corrected chi connectivity index (χ0v) is 21.4. The van der Waals surface area contributed by atoms with Crippen molar-refractivity contribution in [2.24, 2.45) is 11.7 Å². The Labute approximate surface area is 217 Å².